The van der Waals surface area contributed by atoms with E-state index in [0.717, 1.165) is 19.0 Å². The lowest BCUT2D eigenvalue weighted by molar-refractivity contribution is 0.0978. The smallest absolute Gasteiger partial charge is 0.0320 e. The lowest BCUT2D eigenvalue weighted by Crippen LogP contribution is -2.43. The molecule has 3 atom stereocenters. The monoisotopic (exact) mass is 288 g/mol. The minimum Gasteiger partial charge on any atom is -0.330 e. The Labute approximate surface area is 130 Å². The normalized spacial score (nSPS) is 25.8. The van der Waals surface area contributed by atoms with Crippen molar-refractivity contribution in [1.82, 2.24) is 4.90 Å². The molecule has 2 N–H and O–H groups in total. The van der Waals surface area contributed by atoms with Gasteiger partial charge in [-0.2, -0.15) is 0 Å². The number of piperidine rings is 1. The second-order valence-corrected chi connectivity index (χ2v) is 7.80. The largest absolute Gasteiger partial charge is 0.330 e. The molecule has 1 fully saturated rings. The fourth-order valence-corrected chi connectivity index (χ4v) is 3.31. The van der Waals surface area contributed by atoms with Crippen LogP contribution < -0.4 is 5.73 Å². The lowest BCUT2D eigenvalue weighted by Gasteiger charge is -2.40. The minimum absolute atomic E-state index is 0.229. The van der Waals surface area contributed by atoms with Gasteiger partial charge in [-0.3, -0.25) is 4.90 Å². The van der Waals surface area contributed by atoms with E-state index in [-0.39, 0.29) is 5.41 Å². The molecule has 1 saturated heterocycles. The first kappa shape index (κ1) is 16.5. The predicted octanol–water partition coefficient (Wildman–Crippen LogP) is 3.96. The molecule has 0 aliphatic carbocycles. The molecule has 0 spiro atoms. The number of hydrogen-bond acceptors (Lipinski definition) is 2. The first-order valence-electron chi connectivity index (χ1n) is 8.37. The Balaban J connectivity index is 2.08. The van der Waals surface area contributed by atoms with E-state index in [4.69, 9.17) is 5.73 Å². The maximum absolute atomic E-state index is 5.94. The first-order chi connectivity index (χ1) is 9.82. The number of benzene rings is 1. The third-order valence-corrected chi connectivity index (χ3v) is 5.25. The average molecular weight is 288 g/mol. The van der Waals surface area contributed by atoms with Crippen molar-refractivity contribution < 1.29 is 0 Å². The van der Waals surface area contributed by atoms with Crippen molar-refractivity contribution in [2.45, 2.75) is 52.5 Å². The molecule has 0 radical (unpaired) electrons. The second-order valence-electron chi connectivity index (χ2n) is 7.80. The van der Waals surface area contributed by atoms with Crippen LogP contribution in [0.2, 0.25) is 0 Å². The zero-order valence-corrected chi connectivity index (χ0v) is 14.4. The fraction of sp³-hybridized carbons (Fsp3) is 0.684. The van der Waals surface area contributed by atoms with Gasteiger partial charge < -0.3 is 5.73 Å². The molecule has 0 aromatic heterocycles. The summed E-state index contributed by atoms with van der Waals surface area (Å²) in [5.41, 5.74) is 9.00. The molecule has 0 saturated carbocycles. The summed E-state index contributed by atoms with van der Waals surface area (Å²) in [5.74, 6) is 1.41. The Morgan fingerprint density at radius 3 is 2.38 bits per heavy atom. The summed E-state index contributed by atoms with van der Waals surface area (Å²) in [6, 6.07) is 9.68. The molecule has 0 amide bonds. The van der Waals surface area contributed by atoms with Crippen molar-refractivity contribution in [3.63, 3.8) is 0 Å². The van der Waals surface area contributed by atoms with Crippen LogP contribution in [0.1, 0.15) is 58.2 Å². The number of likely N-dealkylation sites (tertiary alicyclic amines) is 1. The van der Waals surface area contributed by atoms with Crippen LogP contribution in [0.5, 0.6) is 0 Å². The van der Waals surface area contributed by atoms with Crippen molar-refractivity contribution in [3.05, 3.63) is 35.4 Å². The Kier molecular flexibility index (Phi) is 5.11. The van der Waals surface area contributed by atoms with Gasteiger partial charge in [0.15, 0.2) is 0 Å². The van der Waals surface area contributed by atoms with Crippen LogP contribution in [0.15, 0.2) is 24.3 Å². The molecular weight excluding hydrogens is 256 g/mol. The SMILES string of the molecule is CC1CCN(C(C)c2ccc(C(C)(C)C)cc2)CC1CN. The average Bonchev–Trinajstić information content (AvgIpc) is 2.46. The highest BCUT2D eigenvalue weighted by Crippen LogP contribution is 2.30. The number of nitrogens with two attached hydrogens (primary N) is 1. The molecule has 1 heterocycles. The molecule has 0 bridgehead atoms. The van der Waals surface area contributed by atoms with E-state index in [2.05, 4.69) is 63.8 Å². The Morgan fingerprint density at radius 1 is 1.24 bits per heavy atom. The third kappa shape index (κ3) is 3.87. The van der Waals surface area contributed by atoms with Crippen molar-refractivity contribution in [1.29, 1.82) is 0 Å². The summed E-state index contributed by atoms with van der Waals surface area (Å²) in [5, 5.41) is 0. The zero-order chi connectivity index (χ0) is 15.6. The van der Waals surface area contributed by atoms with Gasteiger partial charge in [-0.05, 0) is 54.8 Å². The third-order valence-electron chi connectivity index (χ3n) is 5.25. The highest BCUT2D eigenvalue weighted by atomic mass is 15.2. The van der Waals surface area contributed by atoms with Gasteiger partial charge in [-0.15, -0.1) is 0 Å². The maximum atomic E-state index is 5.94. The van der Waals surface area contributed by atoms with Gasteiger partial charge in [0.05, 0.1) is 0 Å². The topological polar surface area (TPSA) is 29.3 Å². The number of rotatable bonds is 3. The summed E-state index contributed by atoms with van der Waals surface area (Å²) in [7, 11) is 0. The van der Waals surface area contributed by atoms with E-state index in [0.29, 0.717) is 12.0 Å². The summed E-state index contributed by atoms with van der Waals surface area (Å²) in [6.07, 6.45) is 1.27. The molecular formula is C19H32N2. The molecule has 118 valence electrons. The van der Waals surface area contributed by atoms with Crippen LogP contribution in [0.3, 0.4) is 0 Å². The van der Waals surface area contributed by atoms with Crippen LogP contribution in [0.25, 0.3) is 0 Å². The highest BCUT2D eigenvalue weighted by molar-refractivity contribution is 5.29. The van der Waals surface area contributed by atoms with E-state index >= 15 is 0 Å². The predicted molar refractivity (Wildman–Crippen MR) is 91.5 cm³/mol. The van der Waals surface area contributed by atoms with Gasteiger partial charge in [0, 0.05) is 12.6 Å². The van der Waals surface area contributed by atoms with Crippen LogP contribution in [0, 0.1) is 11.8 Å². The molecule has 1 aromatic rings. The fourth-order valence-electron chi connectivity index (χ4n) is 3.31. The first-order valence-corrected chi connectivity index (χ1v) is 8.37. The van der Waals surface area contributed by atoms with Crippen molar-refractivity contribution in [3.8, 4) is 0 Å². The summed E-state index contributed by atoms with van der Waals surface area (Å²) in [4.78, 5) is 2.60. The number of nitrogens with zero attached hydrogens (tertiary/aromatic N) is 1. The Hall–Kier alpha value is -0.860. The standard InChI is InChI=1S/C19H32N2/c1-14-10-11-21(13-17(14)12-20)15(2)16-6-8-18(9-7-16)19(3,4)5/h6-9,14-15,17H,10-13,20H2,1-5H3. The second kappa shape index (κ2) is 6.50. The van der Waals surface area contributed by atoms with E-state index < -0.39 is 0 Å². The molecule has 21 heavy (non-hydrogen) atoms. The van der Waals surface area contributed by atoms with Crippen LogP contribution in [-0.4, -0.2) is 24.5 Å². The Morgan fingerprint density at radius 2 is 1.86 bits per heavy atom. The quantitative estimate of drug-likeness (QED) is 0.912. The van der Waals surface area contributed by atoms with Gasteiger partial charge in [0.1, 0.15) is 0 Å². The van der Waals surface area contributed by atoms with E-state index in [1.54, 1.807) is 0 Å². The molecule has 1 aliphatic rings. The van der Waals surface area contributed by atoms with Gasteiger partial charge >= 0.3 is 0 Å². The molecule has 1 aliphatic heterocycles. The molecule has 2 rings (SSSR count). The molecule has 2 heteroatoms. The molecule has 3 unspecified atom stereocenters. The highest BCUT2D eigenvalue weighted by Gasteiger charge is 2.28. The van der Waals surface area contributed by atoms with E-state index in [1.165, 1.54) is 24.1 Å². The lowest BCUT2D eigenvalue weighted by atomic mass is 9.85. The Bertz CT molecular complexity index is 444. The van der Waals surface area contributed by atoms with Crippen molar-refractivity contribution in [2.24, 2.45) is 17.6 Å². The summed E-state index contributed by atoms with van der Waals surface area (Å²) < 4.78 is 0. The summed E-state index contributed by atoms with van der Waals surface area (Å²) in [6.45, 7) is 14.6. The molecule has 1 aromatic carbocycles. The van der Waals surface area contributed by atoms with Crippen LogP contribution >= 0.6 is 0 Å². The zero-order valence-electron chi connectivity index (χ0n) is 14.4. The maximum Gasteiger partial charge on any atom is 0.0320 e. The van der Waals surface area contributed by atoms with Crippen molar-refractivity contribution >= 4 is 0 Å². The summed E-state index contributed by atoms with van der Waals surface area (Å²) >= 11 is 0. The van der Waals surface area contributed by atoms with E-state index in [9.17, 15) is 0 Å². The van der Waals surface area contributed by atoms with Gasteiger partial charge in [-0.25, -0.2) is 0 Å². The van der Waals surface area contributed by atoms with Crippen LogP contribution in [0.4, 0.5) is 0 Å². The van der Waals surface area contributed by atoms with Gasteiger partial charge in [0.25, 0.3) is 0 Å². The van der Waals surface area contributed by atoms with E-state index in [1.807, 2.05) is 0 Å². The van der Waals surface area contributed by atoms with Gasteiger partial charge in [-0.1, -0.05) is 52.0 Å². The van der Waals surface area contributed by atoms with Crippen molar-refractivity contribution in [2.75, 3.05) is 19.6 Å². The van der Waals surface area contributed by atoms with Gasteiger partial charge in [0.2, 0.25) is 0 Å². The van der Waals surface area contributed by atoms with Crippen LogP contribution in [-0.2, 0) is 5.41 Å². The number of hydrogen-bond donors (Lipinski definition) is 1. The molecule has 2 nitrogen and oxygen atoms in total. The minimum atomic E-state index is 0.229.